The van der Waals surface area contributed by atoms with E-state index in [1.54, 1.807) is 30.5 Å². The van der Waals surface area contributed by atoms with Crippen LogP contribution in [0.5, 0.6) is 11.6 Å². The molecule has 0 saturated carbocycles. The third-order valence-electron chi connectivity index (χ3n) is 4.98. The van der Waals surface area contributed by atoms with Crippen molar-refractivity contribution >= 4 is 28.4 Å². The van der Waals surface area contributed by atoms with Crippen LogP contribution in [0.2, 0.25) is 0 Å². The molecule has 0 spiro atoms. The Kier molecular flexibility index (Phi) is 6.47. The summed E-state index contributed by atoms with van der Waals surface area (Å²) in [7, 11) is 0. The van der Waals surface area contributed by atoms with E-state index in [1.807, 2.05) is 50.6 Å². The topological polar surface area (TPSA) is 114 Å². The minimum Gasteiger partial charge on any atom is -0.439 e. The van der Waals surface area contributed by atoms with Gasteiger partial charge in [-0.1, -0.05) is 6.07 Å². The fraction of sp³-hybridized carbons (Fsp3) is 0.280. The van der Waals surface area contributed by atoms with Gasteiger partial charge in [-0.25, -0.2) is 15.0 Å². The zero-order valence-corrected chi connectivity index (χ0v) is 19.7. The van der Waals surface area contributed by atoms with Gasteiger partial charge in [0.25, 0.3) is 5.91 Å². The summed E-state index contributed by atoms with van der Waals surface area (Å²) < 4.78 is 7.87. The molecule has 0 saturated heterocycles. The van der Waals surface area contributed by atoms with Crippen LogP contribution in [0.15, 0.2) is 55.1 Å². The number of aromatic nitrogens is 4. The molecule has 0 bridgehead atoms. The number of ether oxygens (including phenoxy) is 1. The van der Waals surface area contributed by atoms with Crippen LogP contribution in [0.25, 0.3) is 11.0 Å². The number of aliphatic hydroxyl groups is 1. The number of pyridine rings is 1. The number of fused-ring (bicyclic) bond motifs is 1. The summed E-state index contributed by atoms with van der Waals surface area (Å²) in [5, 5.41) is 15.6. The van der Waals surface area contributed by atoms with E-state index in [9.17, 15) is 9.90 Å². The summed E-state index contributed by atoms with van der Waals surface area (Å²) in [5.41, 5.74) is 3.32. The van der Waals surface area contributed by atoms with Gasteiger partial charge in [0.15, 0.2) is 5.82 Å². The highest BCUT2D eigenvalue weighted by atomic mass is 16.5. The first kappa shape index (κ1) is 23.2. The Hall–Kier alpha value is -3.98. The molecular weight excluding hydrogens is 432 g/mol. The normalized spacial score (nSPS) is 11.4. The highest BCUT2D eigenvalue weighted by molar-refractivity contribution is 5.95. The molecule has 9 heteroatoms. The zero-order valence-electron chi connectivity index (χ0n) is 19.7. The molecule has 0 aliphatic heterocycles. The fourth-order valence-corrected chi connectivity index (χ4v) is 3.52. The molecule has 0 fully saturated rings. The van der Waals surface area contributed by atoms with Crippen molar-refractivity contribution in [2.75, 3.05) is 11.9 Å². The van der Waals surface area contributed by atoms with Crippen LogP contribution in [-0.2, 0) is 6.54 Å². The Labute approximate surface area is 197 Å². The van der Waals surface area contributed by atoms with Gasteiger partial charge in [0.1, 0.15) is 17.6 Å². The first-order valence-corrected chi connectivity index (χ1v) is 11.0. The molecule has 3 aromatic heterocycles. The van der Waals surface area contributed by atoms with E-state index in [1.165, 1.54) is 6.33 Å². The largest absolute Gasteiger partial charge is 0.439 e. The molecular formula is C25H28N6O3. The third-order valence-corrected chi connectivity index (χ3v) is 4.98. The molecule has 1 amide bonds. The molecule has 3 N–H and O–H groups in total. The number of hydrogen-bond acceptors (Lipinski definition) is 7. The van der Waals surface area contributed by atoms with Gasteiger partial charge in [-0.15, -0.1) is 0 Å². The van der Waals surface area contributed by atoms with Crippen molar-refractivity contribution in [2.24, 2.45) is 0 Å². The molecule has 1 aromatic carbocycles. The zero-order chi connectivity index (χ0) is 24.3. The highest BCUT2D eigenvalue weighted by Crippen LogP contribution is 2.28. The van der Waals surface area contributed by atoms with Gasteiger partial charge < -0.3 is 25.0 Å². The van der Waals surface area contributed by atoms with Gasteiger partial charge in [0.2, 0.25) is 5.88 Å². The summed E-state index contributed by atoms with van der Waals surface area (Å²) in [4.78, 5) is 25.6. The number of carbonyl (C=O) groups excluding carboxylic acids is 1. The number of anilines is 2. The minimum absolute atomic E-state index is 0.0177. The van der Waals surface area contributed by atoms with Crippen molar-refractivity contribution in [3.63, 3.8) is 0 Å². The molecule has 0 radical (unpaired) electrons. The number of carbonyl (C=O) groups is 1. The molecule has 4 aromatic rings. The van der Waals surface area contributed by atoms with Crippen molar-refractivity contribution in [2.45, 2.75) is 39.8 Å². The average molecular weight is 461 g/mol. The smallest absolute Gasteiger partial charge is 0.251 e. The van der Waals surface area contributed by atoms with Crippen molar-refractivity contribution in [1.29, 1.82) is 0 Å². The fourth-order valence-electron chi connectivity index (χ4n) is 3.52. The lowest BCUT2D eigenvalue weighted by molar-refractivity contribution is 0.0919. The Morgan fingerprint density at radius 2 is 1.97 bits per heavy atom. The quantitative estimate of drug-likeness (QED) is 0.379. The first-order chi connectivity index (χ1) is 16.2. The molecule has 0 atom stereocenters. The van der Waals surface area contributed by atoms with Gasteiger partial charge >= 0.3 is 0 Å². The van der Waals surface area contributed by atoms with Crippen LogP contribution in [0.4, 0.5) is 11.5 Å². The Balaban J connectivity index is 1.53. The van der Waals surface area contributed by atoms with E-state index in [4.69, 9.17) is 4.74 Å². The maximum atomic E-state index is 12.5. The number of hydrogen-bond donors (Lipinski definition) is 3. The maximum Gasteiger partial charge on any atom is 0.251 e. The number of aryl methyl sites for hydroxylation is 1. The predicted molar refractivity (Wildman–Crippen MR) is 131 cm³/mol. The summed E-state index contributed by atoms with van der Waals surface area (Å²) in [6.45, 7) is 8.17. The molecule has 9 nitrogen and oxygen atoms in total. The summed E-state index contributed by atoms with van der Waals surface area (Å²) in [5.74, 6) is 1.42. The minimum atomic E-state index is -0.329. The summed E-state index contributed by atoms with van der Waals surface area (Å²) in [6.07, 6.45) is 5.03. The lowest BCUT2D eigenvalue weighted by atomic mass is 10.1. The van der Waals surface area contributed by atoms with Crippen LogP contribution in [0, 0.1) is 6.92 Å². The molecule has 3 heterocycles. The van der Waals surface area contributed by atoms with Crippen LogP contribution in [0.3, 0.4) is 0 Å². The summed E-state index contributed by atoms with van der Waals surface area (Å²) in [6, 6.07) is 10.8. The Morgan fingerprint density at radius 3 is 2.71 bits per heavy atom. The van der Waals surface area contributed by atoms with Crippen LogP contribution >= 0.6 is 0 Å². The number of amides is 1. The summed E-state index contributed by atoms with van der Waals surface area (Å²) >= 11 is 0. The Bertz CT molecular complexity index is 1330. The second-order valence-electron chi connectivity index (χ2n) is 8.99. The van der Waals surface area contributed by atoms with E-state index in [2.05, 4.69) is 25.6 Å². The number of benzene rings is 1. The van der Waals surface area contributed by atoms with E-state index >= 15 is 0 Å². The monoisotopic (exact) mass is 460 g/mol. The van der Waals surface area contributed by atoms with E-state index < -0.39 is 0 Å². The predicted octanol–water partition coefficient (Wildman–Crippen LogP) is 4.19. The van der Waals surface area contributed by atoms with Gasteiger partial charge in [0, 0.05) is 29.4 Å². The number of aliphatic hydroxyl groups excluding tert-OH is 1. The molecule has 0 aliphatic carbocycles. The lowest BCUT2D eigenvalue weighted by Gasteiger charge is -2.20. The van der Waals surface area contributed by atoms with Crippen molar-refractivity contribution in [1.82, 2.24) is 24.8 Å². The van der Waals surface area contributed by atoms with Gasteiger partial charge in [-0.3, -0.25) is 4.79 Å². The van der Waals surface area contributed by atoms with E-state index in [-0.39, 0.29) is 18.1 Å². The van der Waals surface area contributed by atoms with Crippen molar-refractivity contribution in [3.8, 4) is 11.6 Å². The number of rotatable bonds is 7. The Morgan fingerprint density at radius 1 is 1.15 bits per heavy atom. The molecule has 0 unspecified atom stereocenters. The third kappa shape index (κ3) is 5.32. The van der Waals surface area contributed by atoms with Crippen LogP contribution in [-0.4, -0.2) is 42.7 Å². The van der Waals surface area contributed by atoms with Crippen LogP contribution in [0.1, 0.15) is 36.7 Å². The second kappa shape index (κ2) is 9.48. The number of nitrogens with zero attached hydrogens (tertiary/aromatic N) is 4. The van der Waals surface area contributed by atoms with Crippen molar-refractivity contribution in [3.05, 3.63) is 66.2 Å². The SMILES string of the molecule is Cc1cc(Nc2ncnc3ccn(CCO)c23)cnc1Oc1cccc(C(=O)NC(C)(C)C)c1. The average Bonchev–Trinajstić information content (AvgIpc) is 3.19. The molecule has 34 heavy (non-hydrogen) atoms. The number of nitrogens with one attached hydrogen (secondary N) is 2. The molecule has 0 aliphatic rings. The highest BCUT2D eigenvalue weighted by Gasteiger charge is 2.16. The van der Waals surface area contributed by atoms with E-state index in [0.717, 1.165) is 22.3 Å². The van der Waals surface area contributed by atoms with E-state index in [0.29, 0.717) is 29.6 Å². The van der Waals surface area contributed by atoms with Crippen LogP contribution < -0.4 is 15.4 Å². The molecule has 176 valence electrons. The van der Waals surface area contributed by atoms with Crippen molar-refractivity contribution < 1.29 is 14.6 Å². The maximum absolute atomic E-state index is 12.5. The standard InChI is InChI=1S/C25H28N6O3/c1-16-12-18(29-22-21-20(27-15-28-22)8-9-31(21)10-11-32)14-26-24(16)34-19-7-5-6-17(13-19)23(33)30-25(2,3)4/h5-9,12-15,32H,10-11H2,1-4H3,(H,30,33)(H,27,28,29). The first-order valence-electron chi connectivity index (χ1n) is 11.0. The van der Waals surface area contributed by atoms with Gasteiger partial charge in [0.05, 0.1) is 24.0 Å². The lowest BCUT2D eigenvalue weighted by Crippen LogP contribution is -2.40. The molecule has 4 rings (SSSR count). The van der Waals surface area contributed by atoms with Gasteiger partial charge in [-0.05, 0) is 58.0 Å². The second-order valence-corrected chi connectivity index (χ2v) is 8.99. The van der Waals surface area contributed by atoms with Gasteiger partial charge in [-0.2, -0.15) is 0 Å².